The molecule has 2 aliphatic rings. The number of epoxide rings is 2. The SMILES string of the molecule is C(OCC1CO1)C1CO1.O.[SiH4]. The molecule has 0 bridgehead atoms. The van der Waals surface area contributed by atoms with Gasteiger partial charge in [-0.15, -0.1) is 0 Å². The highest BCUT2D eigenvalue weighted by Crippen LogP contribution is 2.12. The van der Waals surface area contributed by atoms with Crippen LogP contribution in [0, 0.1) is 0 Å². The van der Waals surface area contributed by atoms with E-state index in [0.29, 0.717) is 12.2 Å². The second-order valence-corrected chi connectivity index (χ2v) is 2.45. The molecule has 2 fully saturated rings. The lowest BCUT2D eigenvalue weighted by molar-refractivity contribution is 0.102. The van der Waals surface area contributed by atoms with Crippen molar-refractivity contribution in [1.82, 2.24) is 0 Å². The highest BCUT2D eigenvalue weighted by molar-refractivity contribution is 5.75. The Balaban J connectivity index is 0.000000500. The first kappa shape index (κ1) is 11.1. The second kappa shape index (κ2) is 4.84. The fourth-order valence-corrected chi connectivity index (χ4v) is 0.659. The molecule has 0 saturated carbocycles. The molecule has 2 N–H and O–H groups in total. The van der Waals surface area contributed by atoms with Gasteiger partial charge in [-0.05, 0) is 11.0 Å². The van der Waals surface area contributed by atoms with Crippen LogP contribution in [0.15, 0.2) is 0 Å². The van der Waals surface area contributed by atoms with Crippen molar-refractivity contribution < 1.29 is 19.7 Å². The molecule has 0 aromatic carbocycles. The lowest BCUT2D eigenvalue weighted by Crippen LogP contribution is -2.06. The number of hydrogen-bond donors (Lipinski definition) is 0. The highest BCUT2D eigenvalue weighted by Gasteiger charge is 2.26. The first-order chi connectivity index (χ1) is 4.45. The molecule has 0 aliphatic carbocycles. The maximum absolute atomic E-state index is 5.23. The average Bonchev–Trinajstić information content (AvgIpc) is 2.57. The van der Waals surface area contributed by atoms with Crippen LogP contribution in [0.2, 0.25) is 0 Å². The van der Waals surface area contributed by atoms with E-state index in [1.54, 1.807) is 0 Å². The van der Waals surface area contributed by atoms with Gasteiger partial charge in [-0.3, -0.25) is 0 Å². The van der Waals surface area contributed by atoms with Gasteiger partial charge in [-0.2, -0.15) is 0 Å². The summed E-state index contributed by atoms with van der Waals surface area (Å²) >= 11 is 0. The molecule has 0 amide bonds. The van der Waals surface area contributed by atoms with Crippen molar-refractivity contribution in [3.8, 4) is 0 Å². The fourth-order valence-electron chi connectivity index (χ4n) is 0.659. The van der Waals surface area contributed by atoms with Gasteiger partial charge in [-0.25, -0.2) is 0 Å². The van der Waals surface area contributed by atoms with E-state index < -0.39 is 0 Å². The standard InChI is InChI=1S/C6H10O3.H2O.H4Si/c1(5-3-8-5)7-2-6-4-9-6;;/h5-6H,1-4H2;1H2;1H4. The van der Waals surface area contributed by atoms with Crippen LogP contribution in [-0.4, -0.2) is 55.1 Å². The zero-order chi connectivity index (χ0) is 6.10. The zero-order valence-corrected chi connectivity index (χ0v) is 5.71. The van der Waals surface area contributed by atoms with E-state index in [1.165, 1.54) is 0 Å². The van der Waals surface area contributed by atoms with Crippen LogP contribution in [0.4, 0.5) is 0 Å². The molecule has 11 heavy (non-hydrogen) atoms. The van der Waals surface area contributed by atoms with E-state index in [4.69, 9.17) is 14.2 Å². The Kier molecular flexibility index (Phi) is 4.86. The average molecular weight is 180 g/mol. The Labute approximate surface area is 70.1 Å². The van der Waals surface area contributed by atoms with Crippen molar-refractivity contribution in [1.29, 1.82) is 0 Å². The summed E-state index contributed by atoms with van der Waals surface area (Å²) in [6.45, 7) is 3.26. The van der Waals surface area contributed by atoms with Gasteiger partial charge in [0.05, 0.1) is 26.4 Å². The van der Waals surface area contributed by atoms with E-state index in [2.05, 4.69) is 0 Å². The summed E-state index contributed by atoms with van der Waals surface area (Å²) < 4.78 is 15.1. The van der Waals surface area contributed by atoms with E-state index in [-0.39, 0.29) is 16.4 Å². The Morgan fingerprint density at radius 1 is 1.09 bits per heavy atom. The Bertz CT molecular complexity index is 90.8. The Morgan fingerprint density at radius 2 is 1.45 bits per heavy atom. The number of hydrogen-bond acceptors (Lipinski definition) is 3. The molecule has 0 radical (unpaired) electrons. The lowest BCUT2D eigenvalue weighted by Gasteiger charge is -1.95. The van der Waals surface area contributed by atoms with Gasteiger partial charge in [-0.1, -0.05) is 0 Å². The quantitative estimate of drug-likeness (QED) is 0.355. The molecule has 4 nitrogen and oxygen atoms in total. The van der Waals surface area contributed by atoms with E-state index >= 15 is 0 Å². The van der Waals surface area contributed by atoms with Gasteiger partial charge in [0.15, 0.2) is 0 Å². The van der Waals surface area contributed by atoms with Crippen LogP contribution in [0.3, 0.4) is 0 Å². The van der Waals surface area contributed by atoms with Crippen molar-refractivity contribution in [2.75, 3.05) is 26.4 Å². The fraction of sp³-hybridized carbons (Fsp3) is 1.00. The summed E-state index contributed by atoms with van der Waals surface area (Å²) in [5, 5.41) is 0. The van der Waals surface area contributed by atoms with Crippen molar-refractivity contribution >= 4 is 11.0 Å². The van der Waals surface area contributed by atoms with Crippen LogP contribution in [-0.2, 0) is 14.2 Å². The predicted molar refractivity (Wildman–Crippen MR) is 45.2 cm³/mol. The van der Waals surface area contributed by atoms with Gasteiger partial charge in [0, 0.05) is 0 Å². The Morgan fingerprint density at radius 3 is 1.73 bits per heavy atom. The maximum Gasteiger partial charge on any atom is 0.104 e. The first-order valence-corrected chi connectivity index (χ1v) is 3.26. The maximum atomic E-state index is 5.23. The van der Waals surface area contributed by atoms with Gasteiger partial charge < -0.3 is 19.7 Å². The summed E-state index contributed by atoms with van der Waals surface area (Å²) in [4.78, 5) is 0. The molecule has 68 valence electrons. The molecule has 2 aliphatic heterocycles. The molecule has 5 heteroatoms. The van der Waals surface area contributed by atoms with Crippen molar-refractivity contribution in [3.05, 3.63) is 0 Å². The first-order valence-electron chi connectivity index (χ1n) is 3.26. The molecule has 0 aromatic heterocycles. The topological polar surface area (TPSA) is 65.8 Å². The lowest BCUT2D eigenvalue weighted by atomic mass is 10.5. The van der Waals surface area contributed by atoms with Crippen molar-refractivity contribution in [3.63, 3.8) is 0 Å². The van der Waals surface area contributed by atoms with Crippen molar-refractivity contribution in [2.24, 2.45) is 0 Å². The molecular weight excluding hydrogens is 164 g/mol. The van der Waals surface area contributed by atoms with Crippen LogP contribution in [0.1, 0.15) is 0 Å². The summed E-state index contributed by atoms with van der Waals surface area (Å²) in [6.07, 6.45) is 0.785. The third kappa shape index (κ3) is 4.49. The summed E-state index contributed by atoms with van der Waals surface area (Å²) in [5.74, 6) is 0. The van der Waals surface area contributed by atoms with Gasteiger partial charge in [0.25, 0.3) is 0 Å². The largest absolute Gasteiger partial charge is 0.412 e. The summed E-state index contributed by atoms with van der Waals surface area (Å²) in [5.41, 5.74) is 0. The van der Waals surface area contributed by atoms with Crippen LogP contribution < -0.4 is 0 Å². The summed E-state index contributed by atoms with van der Waals surface area (Å²) in [7, 11) is 0. The highest BCUT2D eigenvalue weighted by atomic mass is 28.1. The van der Waals surface area contributed by atoms with Gasteiger partial charge >= 0.3 is 0 Å². The number of ether oxygens (including phenoxy) is 3. The molecule has 2 heterocycles. The van der Waals surface area contributed by atoms with E-state index in [9.17, 15) is 0 Å². The molecule has 0 aromatic rings. The third-order valence-corrected chi connectivity index (χ3v) is 1.41. The Hall–Kier alpha value is 0.0569. The minimum atomic E-state index is 0. The van der Waals surface area contributed by atoms with E-state index in [1.807, 2.05) is 0 Å². The molecule has 2 atom stereocenters. The van der Waals surface area contributed by atoms with Crippen LogP contribution in [0.25, 0.3) is 0 Å². The minimum Gasteiger partial charge on any atom is -0.412 e. The normalized spacial score (nSPS) is 31.6. The molecule has 2 saturated heterocycles. The second-order valence-electron chi connectivity index (χ2n) is 2.45. The molecule has 0 spiro atoms. The predicted octanol–water partition coefficient (Wildman–Crippen LogP) is -2.48. The monoisotopic (exact) mass is 180 g/mol. The van der Waals surface area contributed by atoms with Crippen molar-refractivity contribution in [2.45, 2.75) is 12.2 Å². The van der Waals surface area contributed by atoms with Gasteiger partial charge in [0.2, 0.25) is 0 Å². The molecule has 2 unspecified atom stereocenters. The van der Waals surface area contributed by atoms with Crippen LogP contribution in [0.5, 0.6) is 0 Å². The third-order valence-electron chi connectivity index (χ3n) is 1.41. The minimum absolute atomic E-state index is 0. The molecular formula is C6H16O4Si. The number of rotatable bonds is 4. The van der Waals surface area contributed by atoms with E-state index in [0.717, 1.165) is 26.4 Å². The van der Waals surface area contributed by atoms with Gasteiger partial charge in [0.1, 0.15) is 12.2 Å². The zero-order valence-electron chi connectivity index (χ0n) is 5.71. The summed E-state index contributed by atoms with van der Waals surface area (Å²) in [6, 6.07) is 0. The van der Waals surface area contributed by atoms with Crippen LogP contribution >= 0.6 is 0 Å². The smallest absolute Gasteiger partial charge is 0.104 e. The molecule has 2 rings (SSSR count).